The predicted molar refractivity (Wildman–Crippen MR) is 101 cm³/mol. The molecule has 0 radical (unpaired) electrons. The zero-order valence-electron chi connectivity index (χ0n) is 17.2. The lowest BCUT2D eigenvalue weighted by atomic mass is 9.43. The van der Waals surface area contributed by atoms with Crippen LogP contribution in [0.2, 0.25) is 0 Å². The van der Waals surface area contributed by atoms with Gasteiger partial charge in [-0.05, 0) is 50.9 Å². The molecule has 3 aliphatic rings. The Morgan fingerprint density at radius 2 is 1.81 bits per heavy atom. The van der Waals surface area contributed by atoms with Crippen molar-refractivity contribution in [2.45, 2.75) is 91.0 Å². The van der Waals surface area contributed by atoms with Crippen molar-refractivity contribution >= 4 is 11.8 Å². The largest absolute Gasteiger partial charge is 0.462 e. The fourth-order valence-corrected chi connectivity index (χ4v) is 6.55. The lowest BCUT2D eigenvalue weighted by Gasteiger charge is -2.65. The molecule has 2 saturated carbocycles. The molecular weight excluding hydrogens is 328 g/mol. The molecule has 0 aromatic heterocycles. The van der Waals surface area contributed by atoms with Gasteiger partial charge in [-0.1, -0.05) is 33.4 Å². The lowest BCUT2D eigenvalue weighted by Crippen LogP contribution is -2.66. The first-order chi connectivity index (χ1) is 11.9. The van der Waals surface area contributed by atoms with Crippen LogP contribution in [0.15, 0.2) is 12.7 Å². The molecule has 0 unspecified atom stereocenters. The van der Waals surface area contributed by atoms with Gasteiger partial charge in [-0.3, -0.25) is 9.59 Å². The number of carbonyl (C=O) groups is 2. The van der Waals surface area contributed by atoms with Gasteiger partial charge in [0.05, 0.1) is 5.60 Å². The van der Waals surface area contributed by atoms with Crippen LogP contribution in [0.5, 0.6) is 0 Å². The third kappa shape index (κ3) is 2.67. The molecule has 1 heterocycles. The van der Waals surface area contributed by atoms with Crippen LogP contribution in [0.4, 0.5) is 0 Å². The van der Waals surface area contributed by atoms with Crippen molar-refractivity contribution in [3.63, 3.8) is 0 Å². The van der Waals surface area contributed by atoms with E-state index >= 15 is 0 Å². The number of rotatable bonds is 2. The minimum Gasteiger partial charge on any atom is -0.462 e. The van der Waals surface area contributed by atoms with Crippen LogP contribution < -0.4 is 0 Å². The number of carbonyl (C=O) groups excluding carboxylic acids is 2. The quantitative estimate of drug-likeness (QED) is 0.537. The van der Waals surface area contributed by atoms with Crippen LogP contribution in [-0.2, 0) is 19.1 Å². The van der Waals surface area contributed by atoms with Gasteiger partial charge in [0.1, 0.15) is 11.7 Å². The van der Waals surface area contributed by atoms with E-state index in [0.717, 1.165) is 25.7 Å². The lowest BCUT2D eigenvalue weighted by molar-refractivity contribution is -0.253. The molecule has 0 amide bonds. The van der Waals surface area contributed by atoms with Crippen molar-refractivity contribution in [1.82, 2.24) is 0 Å². The molecule has 0 aromatic rings. The Kier molecular flexibility index (Phi) is 4.46. The second kappa shape index (κ2) is 5.92. The molecular formula is C22H34O4. The second-order valence-electron chi connectivity index (χ2n) is 9.96. The summed E-state index contributed by atoms with van der Waals surface area (Å²) < 4.78 is 12.1. The van der Waals surface area contributed by atoms with Crippen molar-refractivity contribution in [1.29, 1.82) is 0 Å². The summed E-state index contributed by atoms with van der Waals surface area (Å²) in [7, 11) is 0. The summed E-state index contributed by atoms with van der Waals surface area (Å²) in [6.45, 7) is 16.1. The highest BCUT2D eigenvalue weighted by molar-refractivity contribution is 5.90. The molecule has 0 N–H and O–H groups in total. The summed E-state index contributed by atoms with van der Waals surface area (Å²) in [6.07, 6.45) is 5.90. The maximum atomic E-state index is 12.9. The maximum Gasteiger partial charge on any atom is 0.302 e. The van der Waals surface area contributed by atoms with Gasteiger partial charge in [0.2, 0.25) is 0 Å². The molecule has 4 heteroatoms. The summed E-state index contributed by atoms with van der Waals surface area (Å²) in [5.41, 5.74) is -1.29. The minimum absolute atomic E-state index is 0.00527. The van der Waals surface area contributed by atoms with E-state index in [4.69, 9.17) is 9.47 Å². The Bertz CT molecular complexity index is 638. The SMILES string of the molecule is C=C[C@]1(C)O[C@@]2(C)CC[C@@H]3C(C)(C)[C@@H](OC(C)=O)CC[C@@]3(C)[C@@H]2CC1=O. The van der Waals surface area contributed by atoms with E-state index in [9.17, 15) is 9.59 Å². The number of hydrogen-bond donors (Lipinski definition) is 0. The van der Waals surface area contributed by atoms with Crippen LogP contribution in [0.3, 0.4) is 0 Å². The standard InChI is InChI=1S/C22H34O4/c1-8-21(6)17(24)13-16-20(5)11-10-18(25-14(2)23)19(3,4)15(20)9-12-22(16,7)26-21/h8,15-16,18H,1,9-13H2,2-7H3/t15-,16+,18+,20-,21+,22+/m1/s1. The summed E-state index contributed by atoms with van der Waals surface area (Å²) >= 11 is 0. The zero-order valence-corrected chi connectivity index (χ0v) is 17.2. The van der Waals surface area contributed by atoms with E-state index in [1.165, 1.54) is 6.92 Å². The third-order valence-electron chi connectivity index (χ3n) is 8.02. The second-order valence-corrected chi connectivity index (χ2v) is 9.96. The van der Waals surface area contributed by atoms with Crippen LogP contribution in [0, 0.1) is 22.7 Å². The molecule has 0 spiro atoms. The van der Waals surface area contributed by atoms with Crippen LogP contribution in [0.25, 0.3) is 0 Å². The fourth-order valence-electron chi connectivity index (χ4n) is 6.55. The van der Waals surface area contributed by atoms with E-state index in [0.29, 0.717) is 12.3 Å². The van der Waals surface area contributed by atoms with Crippen LogP contribution in [-0.4, -0.2) is 29.1 Å². The summed E-state index contributed by atoms with van der Waals surface area (Å²) in [5, 5.41) is 0. The average molecular weight is 363 g/mol. The van der Waals surface area contributed by atoms with E-state index < -0.39 is 5.60 Å². The van der Waals surface area contributed by atoms with Gasteiger partial charge in [-0.2, -0.15) is 0 Å². The summed E-state index contributed by atoms with van der Waals surface area (Å²) in [5.74, 6) is 0.518. The van der Waals surface area contributed by atoms with Crippen molar-refractivity contribution < 1.29 is 19.1 Å². The van der Waals surface area contributed by atoms with Crippen LogP contribution >= 0.6 is 0 Å². The van der Waals surface area contributed by atoms with Gasteiger partial charge < -0.3 is 9.47 Å². The highest BCUT2D eigenvalue weighted by Crippen LogP contribution is 2.65. The molecule has 0 bridgehead atoms. The van der Waals surface area contributed by atoms with Gasteiger partial charge >= 0.3 is 5.97 Å². The monoisotopic (exact) mass is 362 g/mol. The number of esters is 1. The number of hydrogen-bond acceptors (Lipinski definition) is 4. The van der Waals surface area contributed by atoms with Gasteiger partial charge in [0.15, 0.2) is 5.78 Å². The van der Waals surface area contributed by atoms with E-state index in [2.05, 4.69) is 34.3 Å². The first-order valence-electron chi connectivity index (χ1n) is 9.93. The Morgan fingerprint density at radius 3 is 2.38 bits per heavy atom. The predicted octanol–water partition coefficient (Wildman–Crippen LogP) is 4.46. The van der Waals surface area contributed by atoms with Gasteiger partial charge in [-0.15, -0.1) is 0 Å². The highest BCUT2D eigenvalue weighted by atomic mass is 16.5. The van der Waals surface area contributed by atoms with Crippen molar-refractivity contribution in [2.75, 3.05) is 0 Å². The topological polar surface area (TPSA) is 52.6 Å². The molecule has 1 saturated heterocycles. The molecule has 2 aliphatic carbocycles. The molecule has 4 nitrogen and oxygen atoms in total. The van der Waals surface area contributed by atoms with Gasteiger partial charge in [-0.25, -0.2) is 0 Å². The molecule has 26 heavy (non-hydrogen) atoms. The Balaban J connectivity index is 1.95. The average Bonchev–Trinajstić information content (AvgIpc) is 2.52. The highest BCUT2D eigenvalue weighted by Gasteiger charge is 2.65. The number of fused-ring (bicyclic) bond motifs is 3. The molecule has 146 valence electrons. The molecule has 1 aliphatic heterocycles. The smallest absolute Gasteiger partial charge is 0.302 e. The fraction of sp³-hybridized carbons (Fsp3) is 0.818. The Hall–Kier alpha value is -1.16. The Labute approximate surface area is 157 Å². The minimum atomic E-state index is -0.876. The molecule has 3 rings (SSSR count). The number of ketones is 1. The van der Waals surface area contributed by atoms with Crippen molar-refractivity contribution in [2.24, 2.45) is 22.7 Å². The van der Waals surface area contributed by atoms with E-state index in [1.54, 1.807) is 6.08 Å². The van der Waals surface area contributed by atoms with Crippen LogP contribution in [0.1, 0.15) is 73.6 Å². The molecule has 0 aromatic carbocycles. The maximum absolute atomic E-state index is 12.9. The molecule has 3 fully saturated rings. The van der Waals surface area contributed by atoms with E-state index in [1.807, 2.05) is 6.92 Å². The summed E-state index contributed by atoms with van der Waals surface area (Å²) in [6, 6.07) is 0. The first kappa shape index (κ1) is 19.6. The van der Waals surface area contributed by atoms with Gasteiger partial charge in [0.25, 0.3) is 0 Å². The normalized spacial score (nSPS) is 47.5. The Morgan fingerprint density at radius 1 is 1.15 bits per heavy atom. The number of ether oxygens (including phenoxy) is 2. The van der Waals surface area contributed by atoms with Gasteiger partial charge in [0, 0.05) is 24.7 Å². The van der Waals surface area contributed by atoms with Crippen molar-refractivity contribution in [3.8, 4) is 0 Å². The summed E-state index contributed by atoms with van der Waals surface area (Å²) in [4.78, 5) is 24.4. The van der Waals surface area contributed by atoms with Crippen molar-refractivity contribution in [3.05, 3.63) is 12.7 Å². The van der Waals surface area contributed by atoms with E-state index in [-0.39, 0.29) is 40.2 Å². The number of Topliss-reactive ketones (excluding diaryl/α,β-unsaturated/α-hetero) is 1. The molecule has 6 atom stereocenters. The first-order valence-corrected chi connectivity index (χ1v) is 9.93. The zero-order chi connectivity index (χ0) is 19.5. The third-order valence-corrected chi connectivity index (χ3v) is 8.02.